The summed E-state index contributed by atoms with van der Waals surface area (Å²) in [6.07, 6.45) is 19.3. The number of carbonyl (C=O) groups is 2. The Morgan fingerprint density at radius 3 is 2.38 bits per heavy atom. The topological polar surface area (TPSA) is 122 Å². The molecule has 1 fully saturated rings. The predicted molar refractivity (Wildman–Crippen MR) is 210 cm³/mol. The Hall–Kier alpha value is -4.56. The van der Waals surface area contributed by atoms with Crippen LogP contribution in [0.25, 0.3) is 0 Å². The smallest absolute Gasteiger partial charge is 0.278 e. The van der Waals surface area contributed by atoms with Gasteiger partial charge in [-0.2, -0.15) is 0 Å². The minimum absolute atomic E-state index is 0.182. The summed E-state index contributed by atoms with van der Waals surface area (Å²) >= 11 is 0. The second-order valence-electron chi connectivity index (χ2n) is 12.9. The summed E-state index contributed by atoms with van der Waals surface area (Å²) in [5.41, 5.74) is 2.26. The number of benzene rings is 1. The zero-order valence-electron chi connectivity index (χ0n) is 33.3. The lowest BCUT2D eigenvalue weighted by molar-refractivity contribution is -0.599. The number of allylic oxidation sites excluding steroid dienone is 3. The lowest BCUT2D eigenvalue weighted by Gasteiger charge is -2.33. The van der Waals surface area contributed by atoms with Crippen LogP contribution in [-0.2, 0) is 14.3 Å². The molecule has 2 aliphatic heterocycles. The molecule has 0 radical (unpaired) electrons. The van der Waals surface area contributed by atoms with Gasteiger partial charge in [0.1, 0.15) is 12.6 Å². The number of nitrogens with zero attached hydrogens (tertiary/aromatic N) is 3. The predicted octanol–water partition coefficient (Wildman–Crippen LogP) is 6.82. The van der Waals surface area contributed by atoms with Gasteiger partial charge in [0.15, 0.2) is 28.7 Å². The zero-order valence-corrected chi connectivity index (χ0v) is 33.3. The SMILES string of the molecule is C#C.C/C=C(/C)CC1C=Nc2cc(OCCCCCOC(=C/C)/C(=C\C(C)=[N+](/C)C(O)[C@@]3(C)CC(C)CN3C=O)OC)c(OC)cc2C(=O)N1.CC. The van der Waals surface area contributed by atoms with Crippen molar-refractivity contribution in [2.45, 2.75) is 105 Å². The van der Waals surface area contributed by atoms with Gasteiger partial charge in [-0.05, 0) is 77.9 Å². The molecule has 3 rings (SSSR count). The van der Waals surface area contributed by atoms with E-state index in [0.29, 0.717) is 72.8 Å². The number of hydrogen-bond donors (Lipinski definition) is 2. The Kier molecular flexibility index (Phi) is 20.2. The monoisotopic (exact) mass is 723 g/mol. The van der Waals surface area contributed by atoms with E-state index in [1.165, 1.54) is 5.57 Å². The van der Waals surface area contributed by atoms with Gasteiger partial charge in [-0.25, -0.2) is 4.58 Å². The van der Waals surface area contributed by atoms with Gasteiger partial charge in [0.25, 0.3) is 12.1 Å². The number of aliphatic imine (C=N–C) groups is 1. The maximum atomic E-state index is 12.9. The molecule has 52 heavy (non-hydrogen) atoms. The van der Waals surface area contributed by atoms with Crippen LogP contribution in [0.15, 0.2) is 52.4 Å². The number of rotatable bonds is 17. The maximum Gasteiger partial charge on any atom is 0.278 e. The van der Waals surface area contributed by atoms with Crippen LogP contribution in [0.1, 0.15) is 97.9 Å². The molecule has 0 spiro atoms. The number of methoxy groups -OCH3 is 2. The van der Waals surface area contributed by atoms with E-state index in [-0.39, 0.29) is 11.9 Å². The molecular weight excluding hydrogens is 660 g/mol. The molecule has 1 aromatic rings. The van der Waals surface area contributed by atoms with Gasteiger partial charge in [0.2, 0.25) is 6.41 Å². The first-order valence-corrected chi connectivity index (χ1v) is 18.1. The van der Waals surface area contributed by atoms with E-state index in [2.05, 4.69) is 30.1 Å². The first kappa shape index (κ1) is 45.5. The molecule has 1 saturated heterocycles. The van der Waals surface area contributed by atoms with Crippen molar-refractivity contribution in [3.05, 3.63) is 53.0 Å². The Morgan fingerprint density at radius 2 is 1.79 bits per heavy atom. The molecule has 0 aliphatic carbocycles. The second-order valence-corrected chi connectivity index (χ2v) is 12.9. The van der Waals surface area contributed by atoms with Crippen LogP contribution >= 0.6 is 0 Å². The minimum Gasteiger partial charge on any atom is -0.493 e. The van der Waals surface area contributed by atoms with Gasteiger partial charge in [0, 0.05) is 25.7 Å². The van der Waals surface area contributed by atoms with Crippen molar-refractivity contribution >= 4 is 29.9 Å². The number of aliphatic hydroxyl groups excluding tert-OH is 1. The maximum absolute atomic E-state index is 12.9. The molecule has 2 aliphatic rings. The van der Waals surface area contributed by atoms with Crippen molar-refractivity contribution in [3.63, 3.8) is 0 Å². The quantitative estimate of drug-likeness (QED) is 0.0208. The molecule has 2 heterocycles. The minimum atomic E-state index is -0.887. The number of unbranched alkanes of at least 4 members (excludes halogenated alkanes) is 2. The summed E-state index contributed by atoms with van der Waals surface area (Å²) in [5, 5.41) is 14.3. The fourth-order valence-corrected chi connectivity index (χ4v) is 6.16. The summed E-state index contributed by atoms with van der Waals surface area (Å²) in [7, 11) is 4.96. The van der Waals surface area contributed by atoms with E-state index in [1.54, 1.807) is 42.0 Å². The molecule has 2 amide bonds. The van der Waals surface area contributed by atoms with Crippen LogP contribution in [0.4, 0.5) is 5.69 Å². The van der Waals surface area contributed by atoms with Crippen LogP contribution in [0.2, 0.25) is 0 Å². The number of amides is 2. The number of aliphatic hydroxyl groups is 1. The molecule has 0 bridgehead atoms. The van der Waals surface area contributed by atoms with Crippen LogP contribution in [-0.4, -0.2) is 97.7 Å². The number of nitrogens with one attached hydrogen (secondary N) is 1. The van der Waals surface area contributed by atoms with Crippen molar-refractivity contribution in [3.8, 4) is 24.3 Å². The fourth-order valence-electron chi connectivity index (χ4n) is 6.16. The Labute approximate surface area is 312 Å². The van der Waals surface area contributed by atoms with Crippen LogP contribution < -0.4 is 14.8 Å². The molecule has 3 unspecified atom stereocenters. The van der Waals surface area contributed by atoms with Crippen molar-refractivity contribution in [2.24, 2.45) is 10.9 Å². The first-order valence-electron chi connectivity index (χ1n) is 18.1. The lowest BCUT2D eigenvalue weighted by Crippen LogP contribution is -2.54. The Bertz CT molecular complexity index is 1490. The van der Waals surface area contributed by atoms with E-state index in [0.717, 1.165) is 31.4 Å². The number of likely N-dealkylation sites (N-methyl/N-ethyl adjacent to an activating group) is 1. The normalized spacial score (nSPS) is 21.2. The van der Waals surface area contributed by atoms with Gasteiger partial charge < -0.3 is 34.3 Å². The lowest BCUT2D eigenvalue weighted by atomic mass is 9.92. The average molecular weight is 724 g/mol. The van der Waals surface area contributed by atoms with Crippen molar-refractivity contribution in [2.75, 3.05) is 41.0 Å². The Morgan fingerprint density at radius 1 is 1.12 bits per heavy atom. The molecule has 1 aromatic carbocycles. The average Bonchev–Trinajstić information content (AvgIpc) is 3.39. The zero-order chi connectivity index (χ0) is 39.4. The van der Waals surface area contributed by atoms with Crippen LogP contribution in [0.5, 0.6) is 11.5 Å². The van der Waals surface area contributed by atoms with Gasteiger partial charge >= 0.3 is 0 Å². The standard InChI is InChI=1S/C37H54N4O7.C2H6.C2H2/c1-10-25(3)17-28-22-38-30-20-34(33(46-9)19-29(30)35(43)39-28)48-16-14-12-13-15-47-31(11-2)32(45-8)18-27(5)40(7)36(44)37(6)21-26(4)23-41(37)24-42;2*1-2/h10-11,18-20,22,24,26,28,36,44H,12-17,21,23H2,1-9H3;1-2H3;1-2H/p+1/b25-10-,31-11+,32-18+,40-27+;;/t26?,28?,36?,37-;;/m1../s1. The van der Waals surface area contributed by atoms with Gasteiger partial charge in [-0.15, -0.1) is 12.8 Å². The van der Waals surface area contributed by atoms with Crippen molar-refractivity contribution in [1.82, 2.24) is 10.2 Å². The third-order valence-electron chi connectivity index (χ3n) is 9.17. The summed E-state index contributed by atoms with van der Waals surface area (Å²) < 4.78 is 25.1. The summed E-state index contributed by atoms with van der Waals surface area (Å²) in [6, 6.07) is 3.26. The van der Waals surface area contributed by atoms with E-state index >= 15 is 0 Å². The number of likely N-dealkylation sites (tertiary alicyclic amines) is 1. The summed E-state index contributed by atoms with van der Waals surface area (Å²) in [6.45, 7) is 17.4. The molecule has 0 saturated carbocycles. The highest BCUT2D eigenvalue weighted by Gasteiger charge is 2.50. The van der Waals surface area contributed by atoms with E-state index < -0.39 is 11.8 Å². The first-order chi connectivity index (χ1) is 24.9. The molecule has 2 N–H and O–H groups in total. The van der Waals surface area contributed by atoms with Gasteiger partial charge in [-0.3, -0.25) is 14.6 Å². The van der Waals surface area contributed by atoms with E-state index in [9.17, 15) is 14.7 Å². The molecule has 4 atom stereocenters. The number of ether oxygens (including phenoxy) is 4. The highest BCUT2D eigenvalue weighted by molar-refractivity contribution is 6.03. The number of fused-ring (bicyclic) bond motifs is 1. The van der Waals surface area contributed by atoms with Crippen molar-refractivity contribution in [1.29, 1.82) is 0 Å². The molecule has 11 heteroatoms. The van der Waals surface area contributed by atoms with E-state index in [4.69, 9.17) is 18.9 Å². The van der Waals surface area contributed by atoms with Gasteiger partial charge in [-0.1, -0.05) is 32.4 Å². The second kappa shape index (κ2) is 23.1. The Balaban J connectivity index is 0.00000326. The third-order valence-corrected chi connectivity index (χ3v) is 9.17. The highest BCUT2D eigenvalue weighted by Crippen LogP contribution is 2.37. The molecule has 288 valence electrons. The highest BCUT2D eigenvalue weighted by atomic mass is 16.5. The van der Waals surface area contributed by atoms with E-state index in [1.807, 2.05) is 73.7 Å². The van der Waals surface area contributed by atoms with Crippen LogP contribution in [0, 0.1) is 18.8 Å². The fraction of sp³-hybridized carbons (Fsp3) is 0.561. The number of carbonyl (C=O) groups excluding carboxylic acids is 2. The molecule has 11 nitrogen and oxygen atoms in total. The third kappa shape index (κ3) is 12.3. The number of hydrogen-bond acceptors (Lipinski definition) is 8. The molecule has 0 aromatic heterocycles. The summed E-state index contributed by atoms with van der Waals surface area (Å²) in [4.78, 5) is 30.9. The van der Waals surface area contributed by atoms with Gasteiger partial charge in [0.05, 0.1) is 50.8 Å². The largest absolute Gasteiger partial charge is 0.493 e. The summed E-state index contributed by atoms with van der Waals surface area (Å²) in [5.74, 6) is 2.30. The number of terminal acetylenes is 1. The van der Waals surface area contributed by atoms with Crippen molar-refractivity contribution < 1.29 is 38.2 Å². The molecular formula is C41H63N4O7+. The van der Waals surface area contributed by atoms with Crippen LogP contribution in [0.3, 0.4) is 0 Å².